The molecule has 2 aromatic heterocycles. The van der Waals surface area contributed by atoms with Crippen molar-refractivity contribution in [2.45, 2.75) is 32.2 Å². The number of ether oxygens (including phenoxy) is 1. The fourth-order valence-electron chi connectivity index (χ4n) is 4.94. The van der Waals surface area contributed by atoms with Crippen LogP contribution in [-0.2, 0) is 19.4 Å². The van der Waals surface area contributed by atoms with Crippen LogP contribution in [0.3, 0.4) is 0 Å². The van der Waals surface area contributed by atoms with Crippen molar-refractivity contribution in [3.8, 4) is 34.0 Å². The van der Waals surface area contributed by atoms with Gasteiger partial charge in [-0.2, -0.15) is 5.10 Å². The Morgan fingerprint density at radius 2 is 1.79 bits per heavy atom. The number of nitrogens with zero attached hydrogens (tertiary/aromatic N) is 3. The van der Waals surface area contributed by atoms with E-state index in [-0.39, 0.29) is 18.1 Å². The molecule has 7 nitrogen and oxygen atoms in total. The molecule has 1 amide bonds. The maximum atomic E-state index is 13.0. The summed E-state index contributed by atoms with van der Waals surface area (Å²) in [5, 5.41) is 11.9. The lowest BCUT2D eigenvalue weighted by Gasteiger charge is -2.15. The van der Waals surface area contributed by atoms with Gasteiger partial charge in [0.1, 0.15) is 5.75 Å². The number of carbonyl (C=O) groups excluding carboxylic acids is 1. The average molecular weight is 505 g/mol. The number of hydrogen-bond donors (Lipinski definition) is 1. The highest BCUT2D eigenvalue weighted by atomic mass is 16.5. The fraction of sp³-hybridized carbons (Fsp3) is 0.194. The van der Waals surface area contributed by atoms with E-state index in [0.717, 1.165) is 46.7 Å². The van der Waals surface area contributed by atoms with Crippen LogP contribution >= 0.6 is 0 Å². The van der Waals surface area contributed by atoms with Gasteiger partial charge >= 0.3 is 0 Å². The normalized spacial score (nSPS) is 12.7. The second-order valence-corrected chi connectivity index (χ2v) is 9.46. The molecule has 0 saturated heterocycles. The second kappa shape index (κ2) is 10.4. The smallest absolute Gasteiger partial charge is 0.273 e. The number of carbonyl (C=O) groups is 1. The Labute approximate surface area is 221 Å². The van der Waals surface area contributed by atoms with Crippen LogP contribution in [0.1, 0.15) is 40.0 Å². The summed E-state index contributed by atoms with van der Waals surface area (Å²) in [4.78, 5) is 13.0. The summed E-state index contributed by atoms with van der Waals surface area (Å²) in [5.41, 5.74) is 7.42. The van der Waals surface area contributed by atoms with Gasteiger partial charge in [0.15, 0.2) is 11.5 Å². The number of amides is 1. The van der Waals surface area contributed by atoms with Crippen molar-refractivity contribution in [2.24, 2.45) is 0 Å². The van der Waals surface area contributed by atoms with E-state index >= 15 is 0 Å². The molecule has 0 radical (unpaired) electrons. The van der Waals surface area contributed by atoms with E-state index in [2.05, 4.69) is 22.6 Å². The van der Waals surface area contributed by atoms with E-state index in [4.69, 9.17) is 14.4 Å². The minimum Gasteiger partial charge on any atom is -0.497 e. The van der Waals surface area contributed by atoms with Crippen LogP contribution in [0.5, 0.6) is 5.75 Å². The van der Waals surface area contributed by atoms with Gasteiger partial charge in [-0.1, -0.05) is 47.6 Å². The van der Waals surface area contributed by atoms with Crippen LogP contribution < -0.4 is 10.1 Å². The molecule has 0 saturated carbocycles. The number of methoxy groups -OCH3 is 1. The first kappa shape index (κ1) is 23.7. The molecule has 3 aromatic carbocycles. The van der Waals surface area contributed by atoms with Crippen molar-refractivity contribution in [1.82, 2.24) is 20.3 Å². The van der Waals surface area contributed by atoms with Crippen molar-refractivity contribution >= 4 is 5.91 Å². The van der Waals surface area contributed by atoms with Crippen molar-refractivity contribution < 1.29 is 14.1 Å². The number of rotatable bonds is 7. The molecule has 2 heterocycles. The minimum absolute atomic E-state index is 0.246. The Hall–Kier alpha value is -4.65. The monoisotopic (exact) mass is 504 g/mol. The van der Waals surface area contributed by atoms with Crippen LogP contribution in [0.2, 0.25) is 0 Å². The van der Waals surface area contributed by atoms with Crippen LogP contribution in [0.25, 0.3) is 28.3 Å². The molecule has 1 N–H and O–H groups in total. The van der Waals surface area contributed by atoms with Crippen molar-refractivity contribution in [3.63, 3.8) is 0 Å². The maximum Gasteiger partial charge on any atom is 0.273 e. The van der Waals surface area contributed by atoms with Gasteiger partial charge in [0, 0.05) is 35.5 Å². The lowest BCUT2D eigenvalue weighted by atomic mass is 9.90. The number of para-hydroxylation sites is 1. The Morgan fingerprint density at radius 1 is 0.947 bits per heavy atom. The molecule has 7 heteroatoms. The third-order valence-corrected chi connectivity index (χ3v) is 6.97. The molecule has 1 aliphatic rings. The predicted molar refractivity (Wildman–Crippen MR) is 145 cm³/mol. The van der Waals surface area contributed by atoms with Gasteiger partial charge in [0.2, 0.25) is 0 Å². The second-order valence-electron chi connectivity index (χ2n) is 9.46. The molecule has 5 aromatic rings. The van der Waals surface area contributed by atoms with E-state index in [1.165, 1.54) is 24.0 Å². The van der Waals surface area contributed by atoms with Crippen LogP contribution in [0.15, 0.2) is 89.6 Å². The summed E-state index contributed by atoms with van der Waals surface area (Å²) in [5.74, 6) is 1.03. The summed E-state index contributed by atoms with van der Waals surface area (Å²) in [6.07, 6.45) is 6.59. The van der Waals surface area contributed by atoms with Gasteiger partial charge < -0.3 is 14.6 Å². The molecule has 0 aliphatic heterocycles. The zero-order valence-electron chi connectivity index (χ0n) is 21.2. The van der Waals surface area contributed by atoms with Gasteiger partial charge in [0.05, 0.1) is 18.5 Å². The van der Waals surface area contributed by atoms with Gasteiger partial charge in [-0.15, -0.1) is 0 Å². The summed E-state index contributed by atoms with van der Waals surface area (Å²) in [7, 11) is 1.64. The number of aromatic nitrogens is 3. The molecule has 0 fully saturated rings. The molecule has 0 unspecified atom stereocenters. The third-order valence-electron chi connectivity index (χ3n) is 6.97. The number of aryl methyl sites for hydroxylation is 2. The molecule has 0 spiro atoms. The van der Waals surface area contributed by atoms with Crippen LogP contribution in [0.4, 0.5) is 0 Å². The highest BCUT2D eigenvalue weighted by Crippen LogP contribution is 2.29. The summed E-state index contributed by atoms with van der Waals surface area (Å²) in [6, 6.07) is 25.7. The first-order valence-corrected chi connectivity index (χ1v) is 12.8. The summed E-state index contributed by atoms with van der Waals surface area (Å²) >= 11 is 0. The van der Waals surface area contributed by atoms with E-state index < -0.39 is 0 Å². The summed E-state index contributed by atoms with van der Waals surface area (Å²) in [6.45, 7) is 0.277. The Kier molecular flexibility index (Phi) is 6.48. The topological polar surface area (TPSA) is 82.2 Å². The lowest BCUT2D eigenvalue weighted by Crippen LogP contribution is -2.23. The molecule has 0 bridgehead atoms. The molecule has 6 rings (SSSR count). The van der Waals surface area contributed by atoms with E-state index in [1.54, 1.807) is 13.2 Å². The minimum atomic E-state index is -0.304. The van der Waals surface area contributed by atoms with Crippen molar-refractivity contribution in [2.75, 3.05) is 7.11 Å². The molecule has 38 heavy (non-hydrogen) atoms. The van der Waals surface area contributed by atoms with Gasteiger partial charge in [0.25, 0.3) is 5.91 Å². The quantitative estimate of drug-likeness (QED) is 0.293. The predicted octanol–water partition coefficient (Wildman–Crippen LogP) is 6.01. The first-order valence-electron chi connectivity index (χ1n) is 12.8. The Morgan fingerprint density at radius 3 is 2.63 bits per heavy atom. The van der Waals surface area contributed by atoms with Gasteiger partial charge in [-0.05, 0) is 67.1 Å². The Balaban J connectivity index is 1.23. The number of benzene rings is 3. The van der Waals surface area contributed by atoms with Crippen LogP contribution in [0, 0.1) is 0 Å². The van der Waals surface area contributed by atoms with Crippen molar-refractivity contribution in [3.05, 3.63) is 107 Å². The molecular formula is C31H28N4O3. The lowest BCUT2D eigenvalue weighted by molar-refractivity contribution is 0.0942. The van der Waals surface area contributed by atoms with Gasteiger partial charge in [-0.25, -0.2) is 4.68 Å². The Bertz CT molecular complexity index is 1590. The number of nitrogens with one attached hydrogen (secondary N) is 1. The standard InChI is InChI=1S/C31H28N4O3/c1-37-27-13-7-10-24(17-27)30-25(20-35(33-30)26-11-3-2-4-12-26)19-32-31(36)28-18-29(38-34-28)23-15-14-21-8-5-6-9-22(21)16-23/h2-4,7,10-18,20H,5-6,8-9,19H2,1H3,(H,32,36). The largest absolute Gasteiger partial charge is 0.497 e. The first-order chi connectivity index (χ1) is 18.7. The number of fused-ring (bicyclic) bond motifs is 1. The maximum absolute atomic E-state index is 13.0. The van der Waals surface area contributed by atoms with Crippen molar-refractivity contribution in [1.29, 1.82) is 0 Å². The van der Waals surface area contributed by atoms with E-state index in [0.29, 0.717) is 5.76 Å². The van der Waals surface area contributed by atoms with E-state index in [9.17, 15) is 4.79 Å². The highest BCUT2D eigenvalue weighted by molar-refractivity contribution is 5.93. The SMILES string of the molecule is COc1cccc(-c2nn(-c3ccccc3)cc2CNC(=O)c2cc(-c3ccc4c(c3)CCCC4)on2)c1. The molecular weight excluding hydrogens is 476 g/mol. The molecule has 190 valence electrons. The van der Waals surface area contributed by atoms with Crippen LogP contribution in [-0.4, -0.2) is 28.0 Å². The average Bonchev–Trinajstić information content (AvgIpc) is 3.64. The summed E-state index contributed by atoms with van der Waals surface area (Å²) < 4.78 is 12.8. The number of hydrogen-bond acceptors (Lipinski definition) is 5. The fourth-order valence-corrected chi connectivity index (χ4v) is 4.94. The zero-order chi connectivity index (χ0) is 25.9. The molecule has 1 aliphatic carbocycles. The van der Waals surface area contributed by atoms with Gasteiger partial charge in [-0.3, -0.25) is 4.79 Å². The third kappa shape index (κ3) is 4.83. The zero-order valence-corrected chi connectivity index (χ0v) is 21.2. The van der Waals surface area contributed by atoms with E-state index in [1.807, 2.05) is 71.5 Å². The highest BCUT2D eigenvalue weighted by Gasteiger charge is 2.18. The molecule has 0 atom stereocenters.